The van der Waals surface area contributed by atoms with Crippen molar-refractivity contribution in [3.8, 4) is 11.1 Å². The van der Waals surface area contributed by atoms with Gasteiger partial charge >= 0.3 is 26.2 Å². The Kier molecular flexibility index (Phi) is 7.99. The Morgan fingerprint density at radius 1 is 0.719 bits per heavy atom. The van der Waals surface area contributed by atoms with E-state index in [2.05, 4.69) is 124 Å². The summed E-state index contributed by atoms with van der Waals surface area (Å²) in [6, 6.07) is 21.8. The van der Waals surface area contributed by atoms with Crippen LogP contribution in [0.3, 0.4) is 0 Å². The van der Waals surface area contributed by atoms with Crippen molar-refractivity contribution in [2.45, 2.75) is 91.9 Å². The van der Waals surface area contributed by atoms with Crippen LogP contribution in [0, 0.1) is 13.0 Å². The van der Waals surface area contributed by atoms with Gasteiger partial charge in [0.15, 0.2) is 0 Å². The monoisotopic (exact) mass is 502 g/mol. The molecule has 0 aromatic heterocycles. The summed E-state index contributed by atoms with van der Waals surface area (Å²) in [6.07, 6.45) is 1.03. The van der Waals surface area contributed by atoms with Gasteiger partial charge in [0.2, 0.25) is 0 Å². The van der Waals surface area contributed by atoms with Gasteiger partial charge in [-0.2, -0.15) is 47.0 Å². The summed E-state index contributed by atoms with van der Waals surface area (Å²) in [5, 5.41) is 0. The van der Waals surface area contributed by atoms with Gasteiger partial charge in [-0.25, -0.2) is 6.07 Å². The molecule has 0 saturated heterocycles. The van der Waals surface area contributed by atoms with Crippen molar-refractivity contribution in [2.24, 2.45) is 0 Å². The first kappa shape index (κ1) is 26.9. The molecule has 0 spiro atoms. The maximum absolute atomic E-state index is 3.67. The third kappa shape index (κ3) is 6.17. The quantitative estimate of drug-likeness (QED) is 0.211. The van der Waals surface area contributed by atoms with E-state index in [1.165, 1.54) is 44.5 Å². The third-order valence-corrected chi connectivity index (χ3v) is 6.24. The van der Waals surface area contributed by atoms with E-state index in [9.17, 15) is 0 Å². The minimum absolute atomic E-state index is 0. The van der Waals surface area contributed by atoms with Crippen molar-refractivity contribution in [2.75, 3.05) is 0 Å². The van der Waals surface area contributed by atoms with Crippen molar-refractivity contribution in [1.29, 1.82) is 0 Å². The van der Waals surface area contributed by atoms with Crippen molar-refractivity contribution in [3.05, 3.63) is 88.0 Å². The van der Waals surface area contributed by atoms with Crippen LogP contribution in [0.25, 0.3) is 11.1 Å². The summed E-state index contributed by atoms with van der Waals surface area (Å²) in [5.41, 5.74) is 11.8. The van der Waals surface area contributed by atoms with E-state index in [0.717, 1.165) is 6.42 Å². The second-order valence-electron chi connectivity index (χ2n) is 12.2. The SMILES string of the molecule is CC(C)(C)c1[c-]c2c(cc1)-c1ccc(C(C)(C)C)cc1C2.Cc1cc(C(C)(C)C)c[cH-]1.[Zr+2]. The van der Waals surface area contributed by atoms with E-state index >= 15 is 0 Å². The van der Waals surface area contributed by atoms with Gasteiger partial charge in [0.1, 0.15) is 0 Å². The topological polar surface area (TPSA) is 0 Å². The van der Waals surface area contributed by atoms with Crippen LogP contribution in [-0.4, -0.2) is 0 Å². The number of benzene rings is 2. The van der Waals surface area contributed by atoms with E-state index in [1.54, 1.807) is 0 Å². The molecule has 0 saturated carbocycles. The first-order valence-corrected chi connectivity index (χ1v) is 11.6. The zero-order valence-corrected chi connectivity index (χ0v) is 24.3. The number of hydrogen-bond acceptors (Lipinski definition) is 0. The van der Waals surface area contributed by atoms with E-state index in [1.807, 2.05) is 0 Å². The molecule has 0 heterocycles. The van der Waals surface area contributed by atoms with Gasteiger partial charge in [-0.05, 0) is 28.4 Å². The Balaban J connectivity index is 0.000000280. The molecule has 3 aromatic rings. The number of aryl methyl sites for hydroxylation is 1. The van der Waals surface area contributed by atoms with Crippen molar-refractivity contribution in [1.82, 2.24) is 0 Å². The molecule has 1 aliphatic carbocycles. The van der Waals surface area contributed by atoms with Gasteiger partial charge in [-0.3, -0.25) is 0 Å². The fraction of sp³-hybridized carbons (Fsp3) is 0.452. The molecule has 32 heavy (non-hydrogen) atoms. The zero-order valence-electron chi connectivity index (χ0n) is 21.8. The van der Waals surface area contributed by atoms with Crippen LogP contribution in [0.4, 0.5) is 0 Å². The van der Waals surface area contributed by atoms with Crippen LogP contribution in [0.1, 0.15) is 95.7 Å². The molecule has 0 amide bonds. The number of hydrogen-bond donors (Lipinski definition) is 0. The van der Waals surface area contributed by atoms with Crippen LogP contribution in [0.2, 0.25) is 0 Å². The van der Waals surface area contributed by atoms with Crippen LogP contribution < -0.4 is 0 Å². The van der Waals surface area contributed by atoms with Crippen molar-refractivity contribution < 1.29 is 26.2 Å². The minimum atomic E-state index is 0. The Labute approximate surface area is 216 Å². The van der Waals surface area contributed by atoms with Crippen LogP contribution in [0.5, 0.6) is 0 Å². The van der Waals surface area contributed by atoms with E-state index in [4.69, 9.17) is 0 Å². The molecular weight excluding hydrogens is 464 g/mol. The average molecular weight is 504 g/mol. The number of rotatable bonds is 0. The van der Waals surface area contributed by atoms with Crippen molar-refractivity contribution >= 4 is 0 Å². The predicted molar refractivity (Wildman–Crippen MR) is 136 cm³/mol. The van der Waals surface area contributed by atoms with Gasteiger partial charge in [0.05, 0.1) is 0 Å². The van der Waals surface area contributed by atoms with Gasteiger partial charge in [0, 0.05) is 0 Å². The maximum Gasteiger partial charge on any atom is 2.00 e. The smallest absolute Gasteiger partial charge is 0.207 e. The van der Waals surface area contributed by atoms with Crippen molar-refractivity contribution in [3.63, 3.8) is 0 Å². The maximum atomic E-state index is 3.67. The Morgan fingerprint density at radius 2 is 1.31 bits per heavy atom. The zero-order chi connectivity index (χ0) is 23.2. The molecule has 1 heteroatoms. The summed E-state index contributed by atoms with van der Waals surface area (Å²) in [5.74, 6) is 0. The van der Waals surface area contributed by atoms with E-state index in [0.29, 0.717) is 5.41 Å². The first-order chi connectivity index (χ1) is 14.2. The van der Waals surface area contributed by atoms with E-state index in [-0.39, 0.29) is 37.0 Å². The summed E-state index contributed by atoms with van der Waals surface area (Å²) in [7, 11) is 0. The molecule has 0 fully saturated rings. The second-order valence-corrected chi connectivity index (χ2v) is 12.2. The summed E-state index contributed by atoms with van der Waals surface area (Å²) in [6.45, 7) is 22.4. The molecule has 3 aromatic carbocycles. The molecule has 1 aliphatic rings. The molecule has 0 unspecified atom stereocenters. The molecule has 0 bridgehead atoms. The average Bonchev–Trinajstić information content (AvgIpc) is 3.22. The minimum Gasteiger partial charge on any atom is -0.207 e. The normalized spacial score (nSPS) is 12.9. The third-order valence-electron chi connectivity index (χ3n) is 6.24. The Hall–Kier alpha value is -1.33. The van der Waals surface area contributed by atoms with Gasteiger partial charge in [-0.1, -0.05) is 98.4 Å². The first-order valence-electron chi connectivity index (χ1n) is 11.6. The van der Waals surface area contributed by atoms with Crippen LogP contribution in [0.15, 0.2) is 48.5 Å². The molecule has 0 radical (unpaired) electrons. The molecule has 168 valence electrons. The largest absolute Gasteiger partial charge is 2.00 e. The fourth-order valence-corrected chi connectivity index (χ4v) is 4.06. The molecule has 0 atom stereocenters. The molecule has 0 N–H and O–H groups in total. The molecular formula is C31H40Zr. The standard InChI is InChI=1S/C21H25.C10H15.Zr/c1-20(2,3)16-7-9-18-14(12-16)11-15-13-17(21(4,5)6)8-10-19(15)18;1-8-5-6-9(7-8)10(2,3)4;/h7-10,12H,11H2,1-6H3;5-7H,1-4H3;/q2*-1;+2. The summed E-state index contributed by atoms with van der Waals surface area (Å²) >= 11 is 0. The van der Waals surface area contributed by atoms with Gasteiger partial charge in [0.25, 0.3) is 0 Å². The van der Waals surface area contributed by atoms with Crippen LogP contribution >= 0.6 is 0 Å². The number of fused-ring (bicyclic) bond motifs is 3. The molecule has 0 aliphatic heterocycles. The Bertz CT molecular complexity index is 998. The summed E-state index contributed by atoms with van der Waals surface area (Å²) in [4.78, 5) is 0. The van der Waals surface area contributed by atoms with Crippen LogP contribution in [-0.2, 0) is 48.9 Å². The molecule has 0 nitrogen and oxygen atoms in total. The second kappa shape index (κ2) is 9.50. The predicted octanol–water partition coefficient (Wildman–Crippen LogP) is 8.66. The van der Waals surface area contributed by atoms with Gasteiger partial charge < -0.3 is 0 Å². The summed E-state index contributed by atoms with van der Waals surface area (Å²) < 4.78 is 0. The van der Waals surface area contributed by atoms with E-state index < -0.39 is 0 Å². The fourth-order valence-electron chi connectivity index (χ4n) is 4.06. The van der Waals surface area contributed by atoms with Gasteiger partial charge in [-0.15, -0.1) is 11.1 Å². The Morgan fingerprint density at radius 3 is 1.78 bits per heavy atom. The molecule has 4 rings (SSSR count).